The summed E-state index contributed by atoms with van der Waals surface area (Å²) in [6, 6.07) is 4.44. The lowest BCUT2D eigenvalue weighted by molar-refractivity contribution is -0.137. The zero-order valence-electron chi connectivity index (χ0n) is 22.4. The number of carbonyl (C=O) groups is 2. The first kappa shape index (κ1) is 29.2. The number of aliphatic carboxylic acids is 1. The van der Waals surface area contributed by atoms with Crippen LogP contribution in [0.1, 0.15) is 87.7 Å². The van der Waals surface area contributed by atoms with Gasteiger partial charge in [-0.05, 0) is 120 Å². The highest BCUT2D eigenvalue weighted by atomic mass is 79.9. The van der Waals surface area contributed by atoms with E-state index in [9.17, 15) is 9.59 Å². The summed E-state index contributed by atoms with van der Waals surface area (Å²) in [5.74, 6) is 1.53. The van der Waals surface area contributed by atoms with Gasteiger partial charge >= 0.3 is 5.97 Å². The monoisotopic (exact) mass is 680 g/mol. The Morgan fingerprint density at radius 2 is 1.74 bits per heavy atom. The molecule has 2 heterocycles. The number of piperidine rings is 1. The summed E-state index contributed by atoms with van der Waals surface area (Å²) >= 11 is 14.0. The predicted molar refractivity (Wildman–Crippen MR) is 163 cm³/mol. The van der Waals surface area contributed by atoms with Crippen LogP contribution in [0, 0.1) is 17.8 Å². The first-order chi connectivity index (χ1) is 18.8. The van der Waals surface area contributed by atoms with Crippen LogP contribution in [0.2, 0.25) is 5.02 Å². The van der Waals surface area contributed by atoms with Crippen LogP contribution >= 0.6 is 43.5 Å². The zero-order chi connectivity index (χ0) is 27.5. The fraction of sp³-hybridized carbons (Fsp3) is 0.613. The molecule has 1 saturated heterocycles. The number of nitrogens with zero attached hydrogens (tertiary/aromatic N) is 1. The second-order valence-electron chi connectivity index (χ2n) is 12.0. The van der Waals surface area contributed by atoms with E-state index in [-0.39, 0.29) is 12.5 Å². The van der Waals surface area contributed by atoms with Crippen molar-refractivity contribution in [1.82, 2.24) is 10.2 Å². The number of nitrogens with one attached hydrogen (secondary N) is 1. The van der Waals surface area contributed by atoms with Gasteiger partial charge in [-0.25, -0.2) is 0 Å². The number of dihydropyridines is 1. The standard InChI is InChI=1S/C31H39Br2ClN2O3/c32-24-15-23-9-8-22-16-25(34)17-26(33)29(22)30(31(23)35-18-24)21-10-12-36(13-11-21)27(37)14-20-6-4-19(5-7-20)2-1-3-28(38)39/h15-21,30-31,35H,1-14H2,(H,38,39). The number of carbonyl (C=O) groups excluding carboxylic acids is 1. The van der Waals surface area contributed by atoms with E-state index in [4.69, 9.17) is 16.7 Å². The Bertz CT molecular complexity index is 1140. The highest BCUT2D eigenvalue weighted by Gasteiger charge is 2.40. The molecule has 1 aromatic carbocycles. The van der Waals surface area contributed by atoms with Gasteiger partial charge in [0.25, 0.3) is 0 Å². The number of fused-ring (bicyclic) bond motifs is 2. The summed E-state index contributed by atoms with van der Waals surface area (Å²) in [4.78, 5) is 26.2. The molecule has 5 rings (SSSR count). The van der Waals surface area contributed by atoms with E-state index in [0.717, 1.165) is 91.3 Å². The third-order valence-electron chi connectivity index (χ3n) is 9.51. The van der Waals surface area contributed by atoms with Crippen LogP contribution in [-0.2, 0) is 16.0 Å². The highest BCUT2D eigenvalue weighted by molar-refractivity contribution is 9.12. The molecule has 0 aromatic heterocycles. The Morgan fingerprint density at radius 1 is 1.03 bits per heavy atom. The molecule has 2 aliphatic carbocycles. The summed E-state index contributed by atoms with van der Waals surface area (Å²) in [5.41, 5.74) is 4.16. The van der Waals surface area contributed by atoms with Crippen LogP contribution in [0.25, 0.3) is 0 Å². The number of rotatable bonds is 7. The molecule has 8 heteroatoms. The van der Waals surface area contributed by atoms with E-state index < -0.39 is 5.97 Å². The smallest absolute Gasteiger partial charge is 0.303 e. The van der Waals surface area contributed by atoms with Gasteiger partial charge < -0.3 is 15.3 Å². The molecule has 2 N–H and O–H groups in total. The summed E-state index contributed by atoms with van der Waals surface area (Å²) in [6.45, 7) is 1.66. The lowest BCUT2D eigenvalue weighted by Gasteiger charge is -2.41. The third-order valence-corrected chi connectivity index (χ3v) is 10.8. The SMILES string of the molecule is O=C(O)CCCC1CCC(CC(=O)N2CCC(C3c4c(Br)cc(Cl)cc4CCC4=CC(Br)=CNC43)CC2)CC1. The maximum Gasteiger partial charge on any atom is 0.303 e. The average molecular weight is 683 g/mol. The lowest BCUT2D eigenvalue weighted by Crippen LogP contribution is -2.44. The molecule has 4 aliphatic rings. The molecule has 0 bridgehead atoms. The molecule has 2 unspecified atom stereocenters. The number of amides is 1. The number of benzene rings is 1. The first-order valence-electron chi connectivity index (χ1n) is 14.6. The summed E-state index contributed by atoms with van der Waals surface area (Å²) < 4.78 is 2.19. The second-order valence-corrected chi connectivity index (χ2v) is 14.2. The molecule has 2 fully saturated rings. The van der Waals surface area contributed by atoms with Gasteiger partial charge in [-0.2, -0.15) is 0 Å². The van der Waals surface area contributed by atoms with Gasteiger partial charge in [0.1, 0.15) is 0 Å². The summed E-state index contributed by atoms with van der Waals surface area (Å²) in [7, 11) is 0. The van der Waals surface area contributed by atoms with Crippen molar-refractivity contribution in [1.29, 1.82) is 0 Å². The fourth-order valence-electron chi connectivity index (χ4n) is 7.47. The molecule has 2 atom stereocenters. The van der Waals surface area contributed by atoms with Crippen molar-refractivity contribution in [2.75, 3.05) is 13.1 Å². The van der Waals surface area contributed by atoms with Crippen LogP contribution in [-0.4, -0.2) is 41.0 Å². The quantitative estimate of drug-likeness (QED) is 0.306. The summed E-state index contributed by atoms with van der Waals surface area (Å²) in [5, 5.41) is 13.4. The van der Waals surface area contributed by atoms with Crippen molar-refractivity contribution in [3.05, 3.63) is 55.1 Å². The Kier molecular flexibility index (Phi) is 9.82. The van der Waals surface area contributed by atoms with Crippen molar-refractivity contribution in [3.8, 4) is 0 Å². The van der Waals surface area contributed by atoms with E-state index in [1.54, 1.807) is 0 Å². The van der Waals surface area contributed by atoms with Gasteiger partial charge in [0.15, 0.2) is 0 Å². The second kappa shape index (κ2) is 13.1. The summed E-state index contributed by atoms with van der Waals surface area (Å²) in [6.07, 6.45) is 15.6. The van der Waals surface area contributed by atoms with E-state index in [2.05, 4.69) is 60.4 Å². The minimum atomic E-state index is -0.699. The third kappa shape index (κ3) is 7.13. The van der Waals surface area contributed by atoms with Gasteiger partial charge in [-0.1, -0.05) is 40.4 Å². The zero-order valence-corrected chi connectivity index (χ0v) is 26.4. The van der Waals surface area contributed by atoms with Gasteiger partial charge in [0, 0.05) is 52.0 Å². The number of allylic oxidation sites excluding steroid dienone is 2. The molecule has 0 radical (unpaired) electrons. The molecule has 39 heavy (non-hydrogen) atoms. The number of carboxylic acids is 1. The Labute approximate surface area is 254 Å². The van der Waals surface area contributed by atoms with Crippen LogP contribution in [0.15, 0.2) is 38.9 Å². The number of hydrogen-bond acceptors (Lipinski definition) is 3. The number of carboxylic acid groups (broad SMARTS) is 1. The van der Waals surface area contributed by atoms with Crippen molar-refractivity contribution >= 4 is 55.3 Å². The van der Waals surface area contributed by atoms with E-state index >= 15 is 0 Å². The van der Waals surface area contributed by atoms with Crippen molar-refractivity contribution < 1.29 is 14.7 Å². The molecule has 1 aromatic rings. The minimum Gasteiger partial charge on any atom is -0.481 e. The topological polar surface area (TPSA) is 69.6 Å². The number of hydrogen-bond donors (Lipinski definition) is 2. The lowest BCUT2D eigenvalue weighted by atomic mass is 9.73. The van der Waals surface area contributed by atoms with Gasteiger partial charge in [0.2, 0.25) is 5.91 Å². The Morgan fingerprint density at radius 3 is 2.46 bits per heavy atom. The van der Waals surface area contributed by atoms with Crippen LogP contribution in [0.3, 0.4) is 0 Å². The maximum absolute atomic E-state index is 13.3. The average Bonchev–Trinajstić information content (AvgIpc) is 3.06. The van der Waals surface area contributed by atoms with Crippen LogP contribution < -0.4 is 5.32 Å². The Hall–Kier alpha value is -1.31. The normalized spacial score (nSPS) is 27.4. The van der Waals surface area contributed by atoms with E-state index in [0.29, 0.717) is 36.0 Å². The molecule has 212 valence electrons. The highest BCUT2D eigenvalue weighted by Crippen LogP contribution is 2.47. The maximum atomic E-state index is 13.3. The van der Waals surface area contributed by atoms with Gasteiger partial charge in [-0.3, -0.25) is 9.59 Å². The van der Waals surface area contributed by atoms with Crippen LogP contribution in [0.4, 0.5) is 0 Å². The number of aryl methyl sites for hydroxylation is 1. The molecular formula is C31H39Br2ClN2O3. The van der Waals surface area contributed by atoms with Crippen molar-refractivity contribution in [2.24, 2.45) is 17.8 Å². The van der Waals surface area contributed by atoms with E-state index in [1.165, 1.54) is 16.7 Å². The number of likely N-dealkylation sites (tertiary alicyclic amines) is 1. The van der Waals surface area contributed by atoms with Gasteiger partial charge in [0.05, 0.1) is 6.04 Å². The van der Waals surface area contributed by atoms with Gasteiger partial charge in [-0.15, -0.1) is 0 Å². The molecule has 1 amide bonds. The molecule has 1 saturated carbocycles. The molecule has 0 spiro atoms. The molecular weight excluding hydrogens is 644 g/mol. The van der Waals surface area contributed by atoms with Crippen molar-refractivity contribution in [2.45, 2.75) is 89.0 Å². The van der Waals surface area contributed by atoms with E-state index in [1.807, 2.05) is 6.07 Å². The Balaban J connectivity index is 1.19. The first-order valence-corrected chi connectivity index (χ1v) is 16.5. The largest absolute Gasteiger partial charge is 0.481 e. The minimum absolute atomic E-state index is 0.253. The predicted octanol–water partition coefficient (Wildman–Crippen LogP) is 7.96. The number of halogens is 3. The molecule has 2 aliphatic heterocycles. The fourth-order valence-corrected chi connectivity index (χ4v) is 9.03. The van der Waals surface area contributed by atoms with Crippen molar-refractivity contribution in [3.63, 3.8) is 0 Å². The molecule has 5 nitrogen and oxygen atoms in total. The van der Waals surface area contributed by atoms with Crippen LogP contribution in [0.5, 0.6) is 0 Å².